The summed E-state index contributed by atoms with van der Waals surface area (Å²) in [7, 11) is 0. The molecule has 1 heterocycles. The van der Waals surface area contributed by atoms with E-state index in [4.69, 9.17) is 0 Å². The number of aromatic nitrogens is 2. The first-order valence-corrected chi connectivity index (χ1v) is 9.89. The van der Waals surface area contributed by atoms with Gasteiger partial charge in [-0.25, -0.2) is 18.3 Å². The zero-order valence-corrected chi connectivity index (χ0v) is 16.3. The second-order valence-corrected chi connectivity index (χ2v) is 7.30. The zero-order valence-electron chi connectivity index (χ0n) is 16.3. The summed E-state index contributed by atoms with van der Waals surface area (Å²) in [6, 6.07) is 2.82. The van der Waals surface area contributed by atoms with Crippen molar-refractivity contribution in [1.29, 1.82) is 0 Å². The van der Waals surface area contributed by atoms with Crippen LogP contribution in [0.1, 0.15) is 90.7 Å². The predicted octanol–water partition coefficient (Wildman–Crippen LogP) is 5.94. The fourth-order valence-corrected chi connectivity index (χ4v) is 3.48. The summed E-state index contributed by atoms with van der Waals surface area (Å²) in [6.07, 6.45) is 3.04. The Morgan fingerprint density at radius 1 is 1.08 bits per heavy atom. The van der Waals surface area contributed by atoms with Gasteiger partial charge in [0.05, 0.1) is 5.69 Å². The van der Waals surface area contributed by atoms with Gasteiger partial charge in [0.1, 0.15) is 0 Å². The second kappa shape index (κ2) is 10.7. The van der Waals surface area contributed by atoms with E-state index in [0.717, 1.165) is 25.7 Å². The summed E-state index contributed by atoms with van der Waals surface area (Å²) in [4.78, 5) is 11.3. The SMILES string of the molecule is CCCCCCC(CC)(CC(F)(F)C(F)CCCC)c1ccc(=O)[nH]n1. The topological polar surface area (TPSA) is 45.8 Å². The summed E-state index contributed by atoms with van der Waals surface area (Å²) in [6.45, 7) is 5.78. The molecular formula is C20H33F3N2O. The highest BCUT2D eigenvalue weighted by atomic mass is 19.3. The Morgan fingerprint density at radius 2 is 1.77 bits per heavy atom. The molecule has 1 aromatic rings. The van der Waals surface area contributed by atoms with Crippen LogP contribution in [0, 0.1) is 0 Å². The maximum Gasteiger partial charge on any atom is 0.279 e. The van der Waals surface area contributed by atoms with E-state index in [9.17, 15) is 18.0 Å². The van der Waals surface area contributed by atoms with E-state index in [2.05, 4.69) is 17.1 Å². The second-order valence-electron chi connectivity index (χ2n) is 7.30. The minimum atomic E-state index is -3.41. The van der Waals surface area contributed by atoms with Gasteiger partial charge < -0.3 is 0 Å². The van der Waals surface area contributed by atoms with Crippen molar-refractivity contribution in [3.05, 3.63) is 28.2 Å². The molecule has 2 atom stereocenters. The molecule has 0 aromatic carbocycles. The number of rotatable bonds is 13. The average Bonchev–Trinajstić information content (AvgIpc) is 2.62. The predicted molar refractivity (Wildman–Crippen MR) is 99.6 cm³/mol. The van der Waals surface area contributed by atoms with Crippen LogP contribution in [0.25, 0.3) is 0 Å². The van der Waals surface area contributed by atoms with Crippen molar-refractivity contribution >= 4 is 0 Å². The first-order valence-electron chi connectivity index (χ1n) is 9.89. The smallest absolute Gasteiger partial charge is 0.268 e. The molecule has 0 saturated carbocycles. The lowest BCUT2D eigenvalue weighted by atomic mass is 9.71. The number of nitrogens with zero attached hydrogens (tertiary/aromatic N) is 1. The van der Waals surface area contributed by atoms with Crippen LogP contribution in [-0.4, -0.2) is 22.3 Å². The quantitative estimate of drug-likeness (QED) is 0.434. The van der Waals surface area contributed by atoms with E-state index in [1.807, 2.05) is 13.8 Å². The number of halogens is 3. The number of hydrogen-bond acceptors (Lipinski definition) is 2. The number of hydrogen-bond donors (Lipinski definition) is 1. The maximum absolute atomic E-state index is 14.7. The van der Waals surface area contributed by atoms with Gasteiger partial charge >= 0.3 is 0 Å². The van der Waals surface area contributed by atoms with Gasteiger partial charge in [-0.05, 0) is 25.3 Å². The van der Waals surface area contributed by atoms with Crippen LogP contribution in [0.3, 0.4) is 0 Å². The molecule has 0 bridgehead atoms. The molecule has 0 aliphatic rings. The number of alkyl halides is 3. The lowest BCUT2D eigenvalue weighted by molar-refractivity contribution is -0.0990. The molecule has 1 aromatic heterocycles. The van der Waals surface area contributed by atoms with Crippen LogP contribution in [0.5, 0.6) is 0 Å². The van der Waals surface area contributed by atoms with Gasteiger partial charge in [0.25, 0.3) is 11.5 Å². The fourth-order valence-electron chi connectivity index (χ4n) is 3.48. The highest BCUT2D eigenvalue weighted by Crippen LogP contribution is 2.44. The molecule has 2 unspecified atom stereocenters. The number of nitrogens with one attached hydrogen (secondary N) is 1. The molecule has 150 valence electrons. The average molecular weight is 374 g/mol. The molecule has 6 heteroatoms. The summed E-state index contributed by atoms with van der Waals surface area (Å²) in [5.74, 6) is -3.41. The van der Waals surface area contributed by atoms with Crippen LogP contribution in [0.15, 0.2) is 16.9 Å². The first kappa shape index (κ1) is 22.7. The molecule has 0 saturated heterocycles. The maximum atomic E-state index is 14.7. The van der Waals surface area contributed by atoms with E-state index < -0.39 is 23.9 Å². The monoisotopic (exact) mass is 374 g/mol. The van der Waals surface area contributed by atoms with Gasteiger partial charge in [-0.3, -0.25) is 4.79 Å². The lowest BCUT2D eigenvalue weighted by Crippen LogP contribution is -2.41. The van der Waals surface area contributed by atoms with Gasteiger partial charge in [0.2, 0.25) is 0 Å². The normalized spacial score (nSPS) is 15.6. The number of H-pyrrole nitrogens is 1. The van der Waals surface area contributed by atoms with Crippen molar-refractivity contribution in [2.45, 2.75) is 102 Å². The minimum absolute atomic E-state index is 0.127. The first-order chi connectivity index (χ1) is 12.3. The van der Waals surface area contributed by atoms with Crippen LogP contribution in [0.4, 0.5) is 13.2 Å². The molecule has 0 spiro atoms. The summed E-state index contributed by atoms with van der Waals surface area (Å²) in [5, 5.41) is 6.38. The van der Waals surface area contributed by atoms with Gasteiger partial charge in [-0.1, -0.05) is 59.3 Å². The standard InChI is InChI=1S/C20H33F3N2O/c1-4-7-9-10-14-19(6-3,17-12-13-18(26)25-24-17)15-20(22,23)16(21)11-8-5-2/h12-13,16H,4-11,14-15H2,1-3H3,(H,25,26). The minimum Gasteiger partial charge on any atom is -0.268 e. The van der Waals surface area contributed by atoms with Gasteiger partial charge in [-0.15, -0.1) is 0 Å². The molecule has 0 aliphatic carbocycles. The van der Waals surface area contributed by atoms with E-state index in [1.54, 1.807) is 0 Å². The Morgan fingerprint density at radius 3 is 2.31 bits per heavy atom. The summed E-state index contributed by atoms with van der Waals surface area (Å²) >= 11 is 0. The Bertz CT molecular complexity index is 556. The van der Waals surface area contributed by atoms with Gasteiger partial charge in [-0.2, -0.15) is 5.10 Å². The largest absolute Gasteiger partial charge is 0.279 e. The molecule has 1 N–H and O–H groups in total. The van der Waals surface area contributed by atoms with Gasteiger partial charge in [0, 0.05) is 17.9 Å². The van der Waals surface area contributed by atoms with Crippen molar-refractivity contribution in [2.24, 2.45) is 0 Å². The van der Waals surface area contributed by atoms with Crippen molar-refractivity contribution in [1.82, 2.24) is 10.2 Å². The third kappa shape index (κ3) is 6.44. The fraction of sp³-hybridized carbons (Fsp3) is 0.800. The Labute approximate surface area is 154 Å². The molecule has 1 rings (SSSR count). The highest BCUT2D eigenvalue weighted by Gasteiger charge is 2.48. The van der Waals surface area contributed by atoms with Crippen LogP contribution in [-0.2, 0) is 5.41 Å². The third-order valence-corrected chi connectivity index (χ3v) is 5.25. The molecule has 3 nitrogen and oxygen atoms in total. The molecule has 26 heavy (non-hydrogen) atoms. The molecule has 0 aliphatic heterocycles. The molecule has 0 radical (unpaired) electrons. The van der Waals surface area contributed by atoms with Crippen LogP contribution >= 0.6 is 0 Å². The van der Waals surface area contributed by atoms with Crippen molar-refractivity contribution < 1.29 is 13.2 Å². The van der Waals surface area contributed by atoms with E-state index >= 15 is 0 Å². The summed E-state index contributed by atoms with van der Waals surface area (Å²) < 4.78 is 43.6. The number of unbranched alkanes of at least 4 members (excludes halogenated alkanes) is 4. The third-order valence-electron chi connectivity index (χ3n) is 5.25. The van der Waals surface area contributed by atoms with E-state index in [1.165, 1.54) is 12.1 Å². The Hall–Kier alpha value is -1.33. The lowest BCUT2D eigenvalue weighted by Gasteiger charge is -2.36. The summed E-state index contributed by atoms with van der Waals surface area (Å²) in [5.41, 5.74) is -0.876. The van der Waals surface area contributed by atoms with Crippen molar-refractivity contribution in [3.63, 3.8) is 0 Å². The highest BCUT2D eigenvalue weighted by molar-refractivity contribution is 5.16. The van der Waals surface area contributed by atoms with Crippen LogP contribution in [0.2, 0.25) is 0 Å². The molecule has 0 amide bonds. The zero-order chi connectivity index (χ0) is 19.6. The Kier molecular flexibility index (Phi) is 9.37. The van der Waals surface area contributed by atoms with Gasteiger partial charge in [0.15, 0.2) is 6.17 Å². The van der Waals surface area contributed by atoms with Crippen molar-refractivity contribution in [3.8, 4) is 0 Å². The van der Waals surface area contributed by atoms with Crippen LogP contribution < -0.4 is 5.56 Å². The molecule has 0 fully saturated rings. The van der Waals surface area contributed by atoms with E-state index in [-0.39, 0.29) is 12.0 Å². The van der Waals surface area contributed by atoms with Crippen molar-refractivity contribution in [2.75, 3.05) is 0 Å². The molecular weight excluding hydrogens is 341 g/mol. The number of aromatic amines is 1. The van der Waals surface area contributed by atoms with E-state index in [0.29, 0.717) is 31.4 Å². The Balaban J connectivity index is 3.08.